The molecule has 0 saturated carbocycles. The Morgan fingerprint density at radius 3 is 2.47 bits per heavy atom. The average molecular weight is 655 g/mol. The maximum Gasteiger partial charge on any atom is 0.250 e. The number of fused-ring (bicyclic) bond motifs is 1. The van der Waals surface area contributed by atoms with Crippen molar-refractivity contribution in [2.45, 2.75) is 90.4 Å². The second kappa shape index (κ2) is 14.0. The summed E-state index contributed by atoms with van der Waals surface area (Å²) in [6, 6.07) is 23.1. The Bertz CT molecular complexity index is 1690. The molecule has 2 heterocycles. The van der Waals surface area contributed by atoms with Gasteiger partial charge in [-0.2, -0.15) is 0 Å². The largest absolute Gasteiger partial charge is 0.490 e. The lowest BCUT2D eigenvalue weighted by Gasteiger charge is -2.38. The lowest BCUT2D eigenvalue weighted by Crippen LogP contribution is -2.45. The number of benzene rings is 3. The predicted molar refractivity (Wildman–Crippen MR) is 193 cm³/mol. The van der Waals surface area contributed by atoms with Crippen LogP contribution in [0, 0.1) is 0 Å². The molecule has 1 aliphatic rings. The van der Waals surface area contributed by atoms with Crippen molar-refractivity contribution >= 4 is 36.5 Å². The molecule has 0 aliphatic carbocycles. The van der Waals surface area contributed by atoms with Crippen LogP contribution in [0.3, 0.4) is 0 Å². The second-order valence-corrected chi connectivity index (χ2v) is 18.9. The first-order chi connectivity index (χ1) is 22.3. The van der Waals surface area contributed by atoms with Crippen LogP contribution in [0.4, 0.5) is 11.5 Å². The van der Waals surface area contributed by atoms with Crippen LogP contribution in [0.2, 0.25) is 18.1 Å². The molecule has 1 aliphatic heterocycles. The molecule has 1 saturated heterocycles. The van der Waals surface area contributed by atoms with E-state index < -0.39 is 14.4 Å². The van der Waals surface area contributed by atoms with Gasteiger partial charge in [-0.05, 0) is 98.2 Å². The summed E-state index contributed by atoms with van der Waals surface area (Å²) in [6.45, 7) is 18.2. The van der Waals surface area contributed by atoms with Crippen molar-refractivity contribution in [1.29, 1.82) is 0 Å². The zero-order valence-electron chi connectivity index (χ0n) is 29.0. The molecule has 47 heavy (non-hydrogen) atoms. The van der Waals surface area contributed by atoms with Crippen molar-refractivity contribution in [3.8, 4) is 11.5 Å². The van der Waals surface area contributed by atoms with E-state index in [2.05, 4.69) is 56.3 Å². The number of amides is 1. The molecule has 9 heteroatoms. The van der Waals surface area contributed by atoms with Crippen LogP contribution in [0.5, 0.6) is 11.5 Å². The number of nitrogens with two attached hydrogens (primary N) is 1. The molecule has 5 rings (SSSR count). The molecule has 8 nitrogen and oxygen atoms in total. The molecular formula is C38H50N4O4Si. The summed E-state index contributed by atoms with van der Waals surface area (Å²) in [5.41, 5.74) is 8.83. The molecule has 0 spiro atoms. The van der Waals surface area contributed by atoms with Gasteiger partial charge in [0.25, 0.3) is 0 Å². The van der Waals surface area contributed by atoms with Gasteiger partial charge < -0.3 is 29.9 Å². The molecular weight excluding hydrogens is 605 g/mol. The maximum absolute atomic E-state index is 15.0. The minimum atomic E-state index is -2.08. The number of nitrogens with zero attached hydrogens (tertiary/aromatic N) is 2. The van der Waals surface area contributed by atoms with Gasteiger partial charge in [0.15, 0.2) is 19.8 Å². The molecule has 0 bridgehead atoms. The Morgan fingerprint density at radius 2 is 1.79 bits per heavy atom. The van der Waals surface area contributed by atoms with Crippen LogP contribution in [0.1, 0.15) is 71.2 Å². The molecule has 3 N–H and O–H groups in total. The number of hydrogen-bond acceptors (Lipinski definition) is 7. The van der Waals surface area contributed by atoms with Gasteiger partial charge in [0.2, 0.25) is 5.91 Å². The highest BCUT2D eigenvalue weighted by atomic mass is 28.4. The molecule has 1 amide bonds. The van der Waals surface area contributed by atoms with Crippen LogP contribution < -0.4 is 20.5 Å². The number of hydrogen-bond donors (Lipinski definition) is 2. The Labute approximate surface area is 280 Å². The SMILES string of the molecule is CCOc1cc(C(Nc2ccc3c(N)nccc3c2)C(=O)N2C[C@H](O[Si](C)(C)C(C)(C)C)C[C@@H]2c2ccccc2)ccc1OC(C)C. The van der Waals surface area contributed by atoms with E-state index >= 15 is 4.79 Å². The number of aromatic nitrogens is 1. The van der Waals surface area contributed by atoms with E-state index in [1.54, 1.807) is 6.20 Å². The van der Waals surface area contributed by atoms with Gasteiger partial charge in [0.05, 0.1) is 24.9 Å². The standard InChI is InChI=1S/C38H50N4O4Si/c1-9-44-34-22-28(15-18-33(34)45-25(2)3)35(41-29-16-17-31-27(21-29)19-20-40-36(31)39)37(43)42-24-30(46-47(7,8)38(4,5)6)23-32(42)26-13-11-10-12-14-26/h10-22,25,30,32,35,41H,9,23-24H2,1-8H3,(H2,39,40)/t30-,32-,35?/m1/s1. The third-order valence-corrected chi connectivity index (χ3v) is 13.8. The highest BCUT2D eigenvalue weighted by Crippen LogP contribution is 2.43. The fraction of sp³-hybridized carbons (Fsp3) is 0.421. The molecule has 1 aromatic heterocycles. The van der Waals surface area contributed by atoms with Crippen molar-refractivity contribution in [2.24, 2.45) is 0 Å². The maximum atomic E-state index is 15.0. The molecule has 1 fully saturated rings. The summed E-state index contributed by atoms with van der Waals surface area (Å²) >= 11 is 0. The molecule has 4 aromatic rings. The Kier molecular flexibility index (Phi) is 10.2. The number of likely N-dealkylation sites (tertiary alicyclic amines) is 1. The van der Waals surface area contributed by atoms with E-state index in [1.165, 1.54) is 0 Å². The fourth-order valence-corrected chi connectivity index (χ4v) is 7.30. The van der Waals surface area contributed by atoms with Gasteiger partial charge in [-0.3, -0.25) is 4.79 Å². The van der Waals surface area contributed by atoms with E-state index in [0.29, 0.717) is 30.5 Å². The first kappa shape index (κ1) is 34.3. The van der Waals surface area contributed by atoms with Gasteiger partial charge in [-0.25, -0.2) is 4.98 Å². The number of anilines is 2. The molecule has 1 unspecified atom stereocenters. The van der Waals surface area contributed by atoms with Crippen LogP contribution in [0.25, 0.3) is 10.8 Å². The van der Waals surface area contributed by atoms with Crippen molar-refractivity contribution in [3.05, 3.63) is 90.1 Å². The van der Waals surface area contributed by atoms with Crippen LogP contribution in [-0.4, -0.2) is 49.5 Å². The van der Waals surface area contributed by atoms with E-state index in [4.69, 9.17) is 19.6 Å². The van der Waals surface area contributed by atoms with Crippen molar-refractivity contribution in [3.63, 3.8) is 0 Å². The Morgan fingerprint density at radius 1 is 1.04 bits per heavy atom. The minimum absolute atomic E-state index is 0.0239. The fourth-order valence-electron chi connectivity index (χ4n) is 5.95. The number of nitrogen functional groups attached to an aromatic ring is 1. The summed E-state index contributed by atoms with van der Waals surface area (Å²) in [7, 11) is -2.08. The zero-order chi connectivity index (χ0) is 33.9. The van der Waals surface area contributed by atoms with Gasteiger partial charge in [0, 0.05) is 23.8 Å². The molecule has 3 aromatic carbocycles. The molecule has 3 atom stereocenters. The normalized spacial score (nSPS) is 17.6. The lowest BCUT2D eigenvalue weighted by molar-refractivity contribution is -0.133. The average Bonchev–Trinajstić information content (AvgIpc) is 3.43. The van der Waals surface area contributed by atoms with Gasteiger partial charge >= 0.3 is 0 Å². The van der Waals surface area contributed by atoms with Crippen LogP contribution in [0.15, 0.2) is 79.0 Å². The van der Waals surface area contributed by atoms with Crippen molar-refractivity contribution in [1.82, 2.24) is 9.88 Å². The highest BCUT2D eigenvalue weighted by molar-refractivity contribution is 6.74. The first-order valence-electron chi connectivity index (χ1n) is 16.6. The smallest absolute Gasteiger partial charge is 0.250 e. The summed E-state index contributed by atoms with van der Waals surface area (Å²) in [6.07, 6.45) is 2.35. The summed E-state index contributed by atoms with van der Waals surface area (Å²) < 4.78 is 19.0. The van der Waals surface area contributed by atoms with Gasteiger partial charge in [-0.15, -0.1) is 0 Å². The second-order valence-electron chi connectivity index (χ2n) is 14.2. The number of nitrogens with one attached hydrogen (secondary N) is 1. The number of rotatable bonds is 11. The van der Waals surface area contributed by atoms with Crippen LogP contribution >= 0.6 is 0 Å². The van der Waals surface area contributed by atoms with Gasteiger partial charge in [-0.1, -0.05) is 57.2 Å². The number of pyridine rings is 1. The quantitative estimate of drug-likeness (QED) is 0.156. The van der Waals surface area contributed by atoms with Crippen molar-refractivity contribution < 1.29 is 18.7 Å². The monoisotopic (exact) mass is 654 g/mol. The molecule has 250 valence electrons. The summed E-state index contributed by atoms with van der Waals surface area (Å²) in [5.74, 6) is 1.70. The van der Waals surface area contributed by atoms with Crippen molar-refractivity contribution in [2.75, 3.05) is 24.2 Å². The number of carbonyl (C=O) groups excluding carboxylic acids is 1. The van der Waals surface area contributed by atoms with E-state index in [1.807, 2.05) is 86.3 Å². The number of carbonyl (C=O) groups is 1. The van der Waals surface area contributed by atoms with Crippen LogP contribution in [-0.2, 0) is 9.22 Å². The minimum Gasteiger partial charge on any atom is -0.490 e. The third-order valence-electron chi connectivity index (χ3n) is 9.31. The summed E-state index contributed by atoms with van der Waals surface area (Å²) in [5, 5.41) is 5.45. The predicted octanol–water partition coefficient (Wildman–Crippen LogP) is 8.52. The topological polar surface area (TPSA) is 98.9 Å². The molecule has 0 radical (unpaired) electrons. The first-order valence-corrected chi connectivity index (χ1v) is 19.6. The lowest BCUT2D eigenvalue weighted by atomic mass is 10.0. The van der Waals surface area contributed by atoms with E-state index in [-0.39, 0.29) is 29.2 Å². The summed E-state index contributed by atoms with van der Waals surface area (Å²) in [4.78, 5) is 21.2. The van der Waals surface area contributed by atoms with E-state index in [9.17, 15) is 0 Å². The Hall–Kier alpha value is -4.08. The van der Waals surface area contributed by atoms with Gasteiger partial charge in [0.1, 0.15) is 11.9 Å². The number of ether oxygens (including phenoxy) is 2. The van der Waals surface area contributed by atoms with E-state index in [0.717, 1.165) is 34.0 Å². The third kappa shape index (κ3) is 7.74. The highest BCUT2D eigenvalue weighted by Gasteiger charge is 2.45. The Balaban J connectivity index is 1.57. The zero-order valence-corrected chi connectivity index (χ0v) is 30.0.